The summed E-state index contributed by atoms with van der Waals surface area (Å²) in [7, 11) is 0. The zero-order valence-corrected chi connectivity index (χ0v) is 20.5. The summed E-state index contributed by atoms with van der Waals surface area (Å²) < 4.78 is 5.39. The molecule has 3 heterocycles. The van der Waals surface area contributed by atoms with Crippen LogP contribution in [0.25, 0.3) is 11.3 Å². The number of hydrogen-bond acceptors (Lipinski definition) is 5. The standard InChI is InChI=1S/C30H28N4O3/c35-28(33-24-7-3-5-21(15-24)27-19-32-20-37-27)16-23-17-30(26-9-2-1-8-25(23)26)10-13-34(14-11-30)29(36)22-6-4-12-31-18-22/h1-9,12,15,18-20,23H,10-11,13-14,16-17H2,(H,33,35). The van der Waals surface area contributed by atoms with E-state index in [1.54, 1.807) is 24.7 Å². The third kappa shape index (κ3) is 4.53. The van der Waals surface area contributed by atoms with Crippen molar-refractivity contribution >= 4 is 17.5 Å². The van der Waals surface area contributed by atoms with Crippen LogP contribution in [-0.2, 0) is 10.2 Å². The Balaban J connectivity index is 1.14. The van der Waals surface area contributed by atoms with Gasteiger partial charge in [0.05, 0.1) is 11.8 Å². The fraction of sp³-hybridized carbons (Fsp3) is 0.267. The highest BCUT2D eigenvalue weighted by atomic mass is 16.3. The predicted molar refractivity (Wildman–Crippen MR) is 140 cm³/mol. The molecule has 1 atom stereocenters. The number of anilines is 1. The van der Waals surface area contributed by atoms with Crippen molar-refractivity contribution in [3.8, 4) is 11.3 Å². The lowest BCUT2D eigenvalue weighted by Gasteiger charge is -2.40. The molecular formula is C30H28N4O3. The van der Waals surface area contributed by atoms with Gasteiger partial charge in [0, 0.05) is 43.2 Å². The molecule has 7 nitrogen and oxygen atoms in total. The molecule has 1 N–H and O–H groups in total. The number of carbonyl (C=O) groups is 2. The van der Waals surface area contributed by atoms with Crippen LogP contribution in [0.3, 0.4) is 0 Å². The zero-order chi connectivity index (χ0) is 25.2. The number of hydrogen-bond donors (Lipinski definition) is 1. The molecule has 2 aromatic carbocycles. The number of amides is 2. The maximum atomic E-state index is 13.1. The number of fused-ring (bicyclic) bond motifs is 2. The van der Waals surface area contributed by atoms with E-state index in [-0.39, 0.29) is 23.1 Å². The molecule has 1 aliphatic carbocycles. The minimum atomic E-state index is -0.00392. The van der Waals surface area contributed by atoms with E-state index in [1.165, 1.54) is 17.5 Å². The van der Waals surface area contributed by atoms with Crippen LogP contribution >= 0.6 is 0 Å². The molecule has 0 radical (unpaired) electrons. The van der Waals surface area contributed by atoms with Crippen LogP contribution in [0.2, 0.25) is 0 Å². The van der Waals surface area contributed by atoms with Gasteiger partial charge < -0.3 is 14.6 Å². The summed E-state index contributed by atoms with van der Waals surface area (Å²) in [4.78, 5) is 36.1. The molecule has 1 saturated heterocycles. The maximum Gasteiger partial charge on any atom is 0.255 e. The molecule has 37 heavy (non-hydrogen) atoms. The summed E-state index contributed by atoms with van der Waals surface area (Å²) in [5.41, 5.74) is 4.84. The first-order valence-electron chi connectivity index (χ1n) is 12.7. The largest absolute Gasteiger partial charge is 0.444 e. The van der Waals surface area contributed by atoms with Crippen LogP contribution in [0.4, 0.5) is 5.69 Å². The number of pyridine rings is 1. The first-order valence-corrected chi connectivity index (χ1v) is 12.7. The average Bonchev–Trinajstić information content (AvgIpc) is 3.57. The van der Waals surface area contributed by atoms with E-state index in [0.717, 1.165) is 30.5 Å². The third-order valence-electron chi connectivity index (χ3n) is 7.82. The van der Waals surface area contributed by atoms with E-state index in [9.17, 15) is 9.59 Å². The number of piperidine rings is 1. The zero-order valence-electron chi connectivity index (χ0n) is 20.5. The first-order chi connectivity index (χ1) is 18.1. The van der Waals surface area contributed by atoms with Crippen molar-refractivity contribution in [1.82, 2.24) is 14.9 Å². The van der Waals surface area contributed by atoms with E-state index >= 15 is 0 Å². The fourth-order valence-corrected chi connectivity index (χ4v) is 6.04. The topological polar surface area (TPSA) is 88.3 Å². The number of aromatic nitrogens is 2. The van der Waals surface area contributed by atoms with Crippen LogP contribution in [0.1, 0.15) is 53.1 Å². The molecule has 0 bridgehead atoms. The molecule has 7 heteroatoms. The van der Waals surface area contributed by atoms with E-state index in [1.807, 2.05) is 35.2 Å². The highest BCUT2D eigenvalue weighted by Gasteiger charge is 2.46. The second-order valence-corrected chi connectivity index (χ2v) is 10.0. The van der Waals surface area contributed by atoms with Crippen LogP contribution < -0.4 is 5.32 Å². The molecule has 2 aliphatic rings. The van der Waals surface area contributed by atoms with Crippen molar-refractivity contribution < 1.29 is 14.0 Å². The van der Waals surface area contributed by atoms with Gasteiger partial charge in [-0.05, 0) is 66.0 Å². The summed E-state index contributed by atoms with van der Waals surface area (Å²) in [5, 5.41) is 3.07. The monoisotopic (exact) mass is 492 g/mol. The number of nitrogens with one attached hydrogen (secondary N) is 1. The normalized spacial score (nSPS) is 17.9. The van der Waals surface area contributed by atoms with Crippen molar-refractivity contribution in [2.75, 3.05) is 18.4 Å². The lowest BCUT2D eigenvalue weighted by molar-refractivity contribution is -0.116. The summed E-state index contributed by atoms with van der Waals surface area (Å²) in [5.74, 6) is 0.846. The maximum absolute atomic E-state index is 13.1. The van der Waals surface area contributed by atoms with Gasteiger partial charge in [-0.2, -0.15) is 0 Å². The highest BCUT2D eigenvalue weighted by molar-refractivity contribution is 5.94. The molecule has 1 spiro atoms. The Labute approximate surface area is 215 Å². The SMILES string of the molecule is O=C(CC1CC2(CCN(C(=O)c3cccnc3)CC2)c2ccccc21)Nc1cccc(-c2cnco2)c1. The average molecular weight is 493 g/mol. The predicted octanol–water partition coefficient (Wildman–Crippen LogP) is 5.43. The number of nitrogens with zero attached hydrogens (tertiary/aromatic N) is 3. The molecule has 4 aromatic rings. The molecule has 1 fully saturated rings. The van der Waals surface area contributed by atoms with Crippen LogP contribution in [0.5, 0.6) is 0 Å². The fourth-order valence-electron chi connectivity index (χ4n) is 6.04. The van der Waals surface area contributed by atoms with Gasteiger partial charge in [-0.3, -0.25) is 14.6 Å². The smallest absolute Gasteiger partial charge is 0.255 e. The lowest BCUT2D eigenvalue weighted by atomic mass is 9.73. The Kier molecular flexibility index (Phi) is 6.04. The van der Waals surface area contributed by atoms with Gasteiger partial charge in [-0.15, -0.1) is 0 Å². The minimum Gasteiger partial charge on any atom is -0.444 e. The second kappa shape index (κ2) is 9.65. The minimum absolute atomic E-state index is 0.000535. The van der Waals surface area contributed by atoms with Gasteiger partial charge in [-0.1, -0.05) is 36.4 Å². The summed E-state index contributed by atoms with van der Waals surface area (Å²) >= 11 is 0. The summed E-state index contributed by atoms with van der Waals surface area (Å²) in [6, 6.07) is 19.8. The van der Waals surface area contributed by atoms with Crippen molar-refractivity contribution in [3.05, 3.63) is 102 Å². The van der Waals surface area contributed by atoms with Crippen LogP contribution in [0.15, 0.2) is 90.1 Å². The molecular weight excluding hydrogens is 464 g/mol. The van der Waals surface area contributed by atoms with Crippen molar-refractivity contribution in [2.45, 2.75) is 37.0 Å². The van der Waals surface area contributed by atoms with E-state index in [4.69, 9.17) is 4.42 Å². The Hall–Kier alpha value is -4.26. The third-order valence-corrected chi connectivity index (χ3v) is 7.82. The molecule has 1 aliphatic heterocycles. The van der Waals surface area contributed by atoms with Crippen molar-refractivity contribution in [1.29, 1.82) is 0 Å². The first kappa shape index (κ1) is 23.2. The molecule has 0 saturated carbocycles. The van der Waals surface area contributed by atoms with Gasteiger partial charge in [0.15, 0.2) is 12.2 Å². The number of benzene rings is 2. The quantitative estimate of drug-likeness (QED) is 0.402. The van der Waals surface area contributed by atoms with Crippen molar-refractivity contribution in [3.63, 3.8) is 0 Å². The van der Waals surface area contributed by atoms with E-state index in [0.29, 0.717) is 30.8 Å². The number of rotatable bonds is 5. The van der Waals surface area contributed by atoms with E-state index < -0.39 is 0 Å². The Morgan fingerprint density at radius 1 is 1.00 bits per heavy atom. The van der Waals surface area contributed by atoms with E-state index in [2.05, 4.69) is 39.6 Å². The molecule has 1 unspecified atom stereocenters. The van der Waals surface area contributed by atoms with Gasteiger partial charge >= 0.3 is 0 Å². The Morgan fingerprint density at radius 3 is 2.65 bits per heavy atom. The van der Waals surface area contributed by atoms with Crippen LogP contribution in [-0.4, -0.2) is 39.8 Å². The molecule has 6 rings (SSSR count). The molecule has 186 valence electrons. The summed E-state index contributed by atoms with van der Waals surface area (Å²) in [6.07, 6.45) is 9.50. The lowest BCUT2D eigenvalue weighted by Crippen LogP contribution is -2.44. The van der Waals surface area contributed by atoms with Gasteiger partial charge in [0.25, 0.3) is 5.91 Å². The molecule has 2 amide bonds. The number of carbonyl (C=O) groups excluding carboxylic acids is 2. The highest BCUT2D eigenvalue weighted by Crippen LogP contribution is 2.52. The van der Waals surface area contributed by atoms with Crippen LogP contribution in [0, 0.1) is 0 Å². The van der Waals surface area contributed by atoms with Gasteiger partial charge in [-0.25, -0.2) is 4.98 Å². The Morgan fingerprint density at radius 2 is 1.86 bits per heavy atom. The number of likely N-dealkylation sites (tertiary alicyclic amines) is 1. The second-order valence-electron chi connectivity index (χ2n) is 10.0. The van der Waals surface area contributed by atoms with Gasteiger partial charge in [0.1, 0.15) is 0 Å². The molecule has 2 aromatic heterocycles. The van der Waals surface area contributed by atoms with Crippen molar-refractivity contribution in [2.24, 2.45) is 0 Å². The van der Waals surface area contributed by atoms with Gasteiger partial charge in [0.2, 0.25) is 5.91 Å². The number of oxazole rings is 1. The summed E-state index contributed by atoms with van der Waals surface area (Å²) in [6.45, 7) is 1.41. The Bertz CT molecular complexity index is 1410.